The SMILES string of the molecule is O=C(Oc1ccc2cc(Br)ccc2c1Br)c1cccs1. The highest BCUT2D eigenvalue weighted by atomic mass is 79.9. The fourth-order valence-corrected chi connectivity index (χ4v) is 3.42. The van der Waals surface area contributed by atoms with Crippen molar-refractivity contribution in [2.24, 2.45) is 0 Å². The van der Waals surface area contributed by atoms with Gasteiger partial charge in [0.05, 0.1) is 4.47 Å². The summed E-state index contributed by atoms with van der Waals surface area (Å²) in [6.45, 7) is 0. The van der Waals surface area contributed by atoms with Crippen LogP contribution in [0, 0.1) is 0 Å². The minimum Gasteiger partial charge on any atom is -0.421 e. The van der Waals surface area contributed by atoms with Crippen LogP contribution >= 0.6 is 43.2 Å². The molecule has 1 heterocycles. The van der Waals surface area contributed by atoms with Gasteiger partial charge < -0.3 is 4.74 Å². The summed E-state index contributed by atoms with van der Waals surface area (Å²) in [5.74, 6) is 0.190. The van der Waals surface area contributed by atoms with Crippen molar-refractivity contribution in [3.05, 3.63) is 61.7 Å². The van der Waals surface area contributed by atoms with Crippen molar-refractivity contribution >= 4 is 59.9 Å². The Morgan fingerprint density at radius 2 is 1.95 bits per heavy atom. The van der Waals surface area contributed by atoms with Gasteiger partial charge in [-0.3, -0.25) is 0 Å². The molecular weight excluding hydrogens is 404 g/mol. The number of benzene rings is 2. The molecule has 0 aliphatic rings. The number of carbonyl (C=O) groups is 1. The Kier molecular flexibility index (Phi) is 3.92. The zero-order chi connectivity index (χ0) is 14.1. The Morgan fingerprint density at radius 1 is 1.10 bits per heavy atom. The molecule has 0 aliphatic heterocycles. The highest BCUT2D eigenvalue weighted by Crippen LogP contribution is 2.34. The Bertz CT molecular complexity index is 782. The number of halogens is 2. The van der Waals surface area contributed by atoms with Crippen LogP contribution in [0.4, 0.5) is 0 Å². The van der Waals surface area contributed by atoms with Gasteiger partial charge in [-0.2, -0.15) is 0 Å². The molecule has 0 unspecified atom stereocenters. The molecule has 0 aliphatic carbocycles. The molecule has 0 radical (unpaired) electrons. The van der Waals surface area contributed by atoms with E-state index in [-0.39, 0.29) is 5.97 Å². The van der Waals surface area contributed by atoms with E-state index in [1.165, 1.54) is 11.3 Å². The van der Waals surface area contributed by atoms with Crippen molar-refractivity contribution in [1.82, 2.24) is 0 Å². The summed E-state index contributed by atoms with van der Waals surface area (Å²) in [4.78, 5) is 12.6. The van der Waals surface area contributed by atoms with Crippen LogP contribution in [0.1, 0.15) is 9.67 Å². The van der Waals surface area contributed by atoms with Crippen molar-refractivity contribution in [2.45, 2.75) is 0 Å². The summed E-state index contributed by atoms with van der Waals surface area (Å²) >= 11 is 8.32. The molecule has 0 amide bonds. The molecule has 20 heavy (non-hydrogen) atoms. The van der Waals surface area contributed by atoms with E-state index >= 15 is 0 Å². The number of hydrogen-bond donors (Lipinski definition) is 0. The Labute approximate surface area is 136 Å². The van der Waals surface area contributed by atoms with Crippen LogP contribution in [-0.2, 0) is 0 Å². The van der Waals surface area contributed by atoms with Gasteiger partial charge in [0.1, 0.15) is 10.6 Å². The van der Waals surface area contributed by atoms with Crippen molar-refractivity contribution in [1.29, 1.82) is 0 Å². The monoisotopic (exact) mass is 410 g/mol. The minimum absolute atomic E-state index is 0.336. The first-order valence-corrected chi connectivity index (χ1v) is 8.25. The molecule has 1 aromatic heterocycles. The molecule has 0 saturated carbocycles. The van der Waals surface area contributed by atoms with Crippen molar-refractivity contribution in [3.63, 3.8) is 0 Å². The van der Waals surface area contributed by atoms with Crippen LogP contribution in [0.15, 0.2) is 56.8 Å². The summed E-state index contributed by atoms with van der Waals surface area (Å²) in [7, 11) is 0. The van der Waals surface area contributed by atoms with Gasteiger partial charge >= 0.3 is 5.97 Å². The number of fused-ring (bicyclic) bond motifs is 1. The smallest absolute Gasteiger partial charge is 0.353 e. The maximum atomic E-state index is 12.0. The highest BCUT2D eigenvalue weighted by molar-refractivity contribution is 9.11. The number of esters is 1. The van der Waals surface area contributed by atoms with E-state index in [2.05, 4.69) is 31.9 Å². The second-order valence-electron chi connectivity index (χ2n) is 4.11. The first-order chi connectivity index (χ1) is 9.65. The lowest BCUT2D eigenvalue weighted by atomic mass is 10.1. The number of rotatable bonds is 2. The average molecular weight is 412 g/mol. The normalized spacial score (nSPS) is 10.7. The van der Waals surface area contributed by atoms with Crippen molar-refractivity contribution in [3.8, 4) is 5.75 Å². The summed E-state index contributed by atoms with van der Waals surface area (Å²) in [5, 5.41) is 3.93. The van der Waals surface area contributed by atoms with Crippen LogP contribution in [0.2, 0.25) is 0 Å². The molecule has 100 valence electrons. The van der Waals surface area contributed by atoms with Crippen LogP contribution in [-0.4, -0.2) is 5.97 Å². The van der Waals surface area contributed by atoms with Gasteiger partial charge in [0, 0.05) is 4.47 Å². The van der Waals surface area contributed by atoms with E-state index in [0.29, 0.717) is 10.6 Å². The lowest BCUT2D eigenvalue weighted by Gasteiger charge is -2.08. The molecule has 0 spiro atoms. The third kappa shape index (κ3) is 2.66. The second-order valence-corrected chi connectivity index (χ2v) is 6.77. The Morgan fingerprint density at radius 3 is 2.70 bits per heavy atom. The first-order valence-electron chi connectivity index (χ1n) is 5.78. The number of thiophene rings is 1. The van der Waals surface area contributed by atoms with Gasteiger partial charge in [-0.25, -0.2) is 4.79 Å². The van der Waals surface area contributed by atoms with Crippen LogP contribution in [0.5, 0.6) is 5.75 Å². The van der Waals surface area contributed by atoms with E-state index < -0.39 is 0 Å². The fourth-order valence-electron chi connectivity index (χ4n) is 1.87. The number of hydrogen-bond acceptors (Lipinski definition) is 3. The van der Waals surface area contributed by atoms with Crippen molar-refractivity contribution < 1.29 is 9.53 Å². The molecule has 0 atom stereocenters. The van der Waals surface area contributed by atoms with E-state index in [1.807, 2.05) is 35.7 Å². The highest BCUT2D eigenvalue weighted by Gasteiger charge is 2.13. The maximum Gasteiger partial charge on any atom is 0.353 e. The molecule has 3 aromatic rings. The largest absolute Gasteiger partial charge is 0.421 e. The third-order valence-corrected chi connectivity index (χ3v) is 4.97. The second kappa shape index (κ2) is 5.68. The van der Waals surface area contributed by atoms with Gasteiger partial charge in [-0.05, 0) is 56.3 Å². The van der Waals surface area contributed by atoms with Crippen LogP contribution in [0.25, 0.3) is 10.8 Å². The molecule has 5 heteroatoms. The Hall–Kier alpha value is -1.17. The van der Waals surface area contributed by atoms with Crippen LogP contribution in [0.3, 0.4) is 0 Å². The first kappa shape index (κ1) is 13.8. The lowest BCUT2D eigenvalue weighted by Crippen LogP contribution is -2.06. The fraction of sp³-hybridized carbons (Fsp3) is 0. The van der Waals surface area contributed by atoms with Crippen LogP contribution < -0.4 is 4.74 Å². The zero-order valence-corrected chi connectivity index (χ0v) is 14.1. The van der Waals surface area contributed by atoms with Gasteiger partial charge in [0.15, 0.2) is 0 Å². The number of ether oxygens (including phenoxy) is 1. The average Bonchev–Trinajstić information content (AvgIpc) is 2.96. The maximum absolute atomic E-state index is 12.0. The van der Waals surface area contributed by atoms with Crippen molar-refractivity contribution in [2.75, 3.05) is 0 Å². The zero-order valence-electron chi connectivity index (χ0n) is 10.1. The third-order valence-electron chi connectivity index (χ3n) is 2.81. The molecule has 0 N–H and O–H groups in total. The molecule has 2 aromatic carbocycles. The molecular formula is C15H8Br2O2S. The quantitative estimate of drug-likeness (QED) is 0.402. The molecule has 0 bridgehead atoms. The van der Waals surface area contributed by atoms with Gasteiger partial charge in [-0.1, -0.05) is 34.1 Å². The van der Waals surface area contributed by atoms with Gasteiger partial charge in [-0.15, -0.1) is 11.3 Å². The summed E-state index contributed by atoms with van der Waals surface area (Å²) < 4.78 is 7.24. The Balaban J connectivity index is 1.98. The summed E-state index contributed by atoms with van der Waals surface area (Å²) in [6.07, 6.45) is 0. The summed E-state index contributed by atoms with van der Waals surface area (Å²) in [6, 6.07) is 13.3. The molecule has 2 nitrogen and oxygen atoms in total. The molecule has 0 fully saturated rings. The van der Waals surface area contributed by atoms with E-state index in [0.717, 1.165) is 19.7 Å². The summed E-state index contributed by atoms with van der Waals surface area (Å²) in [5.41, 5.74) is 0. The minimum atomic E-state index is -0.336. The molecule has 0 saturated heterocycles. The lowest BCUT2D eigenvalue weighted by molar-refractivity contribution is 0.0739. The standard InChI is InChI=1S/C15H8Br2O2S/c16-10-4-5-11-9(8-10)3-6-12(14(11)17)19-15(18)13-2-1-7-20-13/h1-8H. The predicted molar refractivity (Wildman–Crippen MR) is 88.6 cm³/mol. The van der Waals surface area contributed by atoms with E-state index in [1.54, 1.807) is 12.1 Å². The van der Waals surface area contributed by atoms with E-state index in [9.17, 15) is 4.79 Å². The topological polar surface area (TPSA) is 26.3 Å². The van der Waals surface area contributed by atoms with Gasteiger partial charge in [0.2, 0.25) is 0 Å². The predicted octanol–water partition coefficient (Wildman–Crippen LogP) is 5.65. The molecule has 3 rings (SSSR count). The number of carbonyl (C=O) groups excluding carboxylic acids is 1. The van der Waals surface area contributed by atoms with Gasteiger partial charge in [0.25, 0.3) is 0 Å². The van der Waals surface area contributed by atoms with E-state index in [4.69, 9.17) is 4.74 Å².